The third-order valence-corrected chi connectivity index (χ3v) is 3.55. The lowest BCUT2D eigenvalue weighted by Crippen LogP contribution is -2.21. The average Bonchev–Trinajstić information content (AvgIpc) is 2.43. The SMILES string of the molecule is CCOC(CCCNCc1ccc(Cl)c(Cl)c1)OCC. The van der Waals surface area contributed by atoms with Crippen molar-refractivity contribution < 1.29 is 9.47 Å². The number of ether oxygens (including phenoxy) is 2. The zero-order valence-corrected chi connectivity index (χ0v) is 13.6. The van der Waals surface area contributed by atoms with Crippen LogP contribution in [0.25, 0.3) is 0 Å². The van der Waals surface area contributed by atoms with Crippen LogP contribution in [0.1, 0.15) is 32.3 Å². The average molecular weight is 320 g/mol. The van der Waals surface area contributed by atoms with Crippen LogP contribution in [0.2, 0.25) is 10.0 Å². The van der Waals surface area contributed by atoms with Crippen LogP contribution < -0.4 is 5.32 Å². The van der Waals surface area contributed by atoms with E-state index < -0.39 is 0 Å². The van der Waals surface area contributed by atoms with Gasteiger partial charge in [-0.15, -0.1) is 0 Å². The van der Waals surface area contributed by atoms with Gasteiger partial charge in [0, 0.05) is 19.8 Å². The second kappa shape index (κ2) is 10.4. The Morgan fingerprint density at radius 1 is 1.10 bits per heavy atom. The molecule has 0 bridgehead atoms. The molecule has 5 heteroatoms. The van der Waals surface area contributed by atoms with Crippen molar-refractivity contribution in [2.75, 3.05) is 19.8 Å². The molecular weight excluding hydrogens is 297 g/mol. The Bertz CT molecular complexity index is 382. The van der Waals surface area contributed by atoms with Crippen molar-refractivity contribution in [3.05, 3.63) is 33.8 Å². The highest BCUT2D eigenvalue weighted by molar-refractivity contribution is 6.42. The summed E-state index contributed by atoms with van der Waals surface area (Å²) in [5.41, 5.74) is 1.13. The first-order valence-corrected chi connectivity index (χ1v) is 7.80. The first-order valence-electron chi connectivity index (χ1n) is 7.05. The molecule has 0 spiro atoms. The molecular formula is C15H23Cl2NO2. The third-order valence-electron chi connectivity index (χ3n) is 2.81. The summed E-state index contributed by atoms with van der Waals surface area (Å²) in [4.78, 5) is 0. The van der Waals surface area contributed by atoms with Crippen molar-refractivity contribution >= 4 is 23.2 Å². The molecule has 0 saturated carbocycles. The molecule has 0 fully saturated rings. The molecule has 0 aliphatic rings. The van der Waals surface area contributed by atoms with Gasteiger partial charge in [-0.25, -0.2) is 0 Å². The molecule has 0 amide bonds. The monoisotopic (exact) mass is 319 g/mol. The van der Waals surface area contributed by atoms with Gasteiger partial charge in [-0.3, -0.25) is 0 Å². The topological polar surface area (TPSA) is 30.5 Å². The van der Waals surface area contributed by atoms with E-state index in [2.05, 4.69) is 5.32 Å². The van der Waals surface area contributed by atoms with E-state index >= 15 is 0 Å². The highest BCUT2D eigenvalue weighted by atomic mass is 35.5. The lowest BCUT2D eigenvalue weighted by atomic mass is 10.2. The number of rotatable bonds is 10. The maximum absolute atomic E-state index is 5.97. The van der Waals surface area contributed by atoms with Crippen molar-refractivity contribution in [2.24, 2.45) is 0 Å². The van der Waals surface area contributed by atoms with Gasteiger partial charge in [0.2, 0.25) is 0 Å². The van der Waals surface area contributed by atoms with Crippen molar-refractivity contribution in [1.29, 1.82) is 0 Å². The number of benzene rings is 1. The number of hydrogen-bond acceptors (Lipinski definition) is 3. The zero-order chi connectivity index (χ0) is 14.8. The van der Waals surface area contributed by atoms with Crippen LogP contribution in [0, 0.1) is 0 Å². The summed E-state index contributed by atoms with van der Waals surface area (Å²) in [6.45, 7) is 7.02. The Kier molecular flexibility index (Phi) is 9.23. The number of halogens is 2. The summed E-state index contributed by atoms with van der Waals surface area (Å²) >= 11 is 11.9. The second-order valence-electron chi connectivity index (χ2n) is 4.41. The van der Waals surface area contributed by atoms with Crippen molar-refractivity contribution in [1.82, 2.24) is 5.32 Å². The van der Waals surface area contributed by atoms with E-state index in [1.807, 2.05) is 32.0 Å². The molecule has 1 rings (SSSR count). The van der Waals surface area contributed by atoms with Gasteiger partial charge < -0.3 is 14.8 Å². The summed E-state index contributed by atoms with van der Waals surface area (Å²) in [5, 5.41) is 4.56. The molecule has 1 aromatic carbocycles. The predicted molar refractivity (Wildman–Crippen MR) is 84.4 cm³/mol. The highest BCUT2D eigenvalue weighted by Gasteiger charge is 2.06. The molecule has 20 heavy (non-hydrogen) atoms. The maximum atomic E-state index is 5.97. The Morgan fingerprint density at radius 2 is 1.80 bits per heavy atom. The van der Waals surface area contributed by atoms with Crippen LogP contribution in [0.15, 0.2) is 18.2 Å². The van der Waals surface area contributed by atoms with Crippen LogP contribution >= 0.6 is 23.2 Å². The van der Waals surface area contributed by atoms with E-state index in [-0.39, 0.29) is 6.29 Å². The standard InChI is InChI=1S/C15H23Cl2NO2/c1-3-19-15(20-4-2)6-5-9-18-11-12-7-8-13(16)14(17)10-12/h7-8,10,15,18H,3-6,9,11H2,1-2H3. The Balaban J connectivity index is 2.19. The molecule has 0 aliphatic carbocycles. The molecule has 3 nitrogen and oxygen atoms in total. The molecule has 1 N–H and O–H groups in total. The summed E-state index contributed by atoms with van der Waals surface area (Å²) in [7, 11) is 0. The van der Waals surface area contributed by atoms with Crippen LogP contribution in [0.5, 0.6) is 0 Å². The van der Waals surface area contributed by atoms with E-state index in [9.17, 15) is 0 Å². The fourth-order valence-electron chi connectivity index (χ4n) is 1.86. The molecule has 114 valence electrons. The van der Waals surface area contributed by atoms with Crippen LogP contribution in [0.3, 0.4) is 0 Å². The van der Waals surface area contributed by atoms with Gasteiger partial charge in [0.15, 0.2) is 6.29 Å². The number of nitrogens with one attached hydrogen (secondary N) is 1. The minimum Gasteiger partial charge on any atom is -0.353 e. The zero-order valence-electron chi connectivity index (χ0n) is 12.1. The molecule has 0 radical (unpaired) electrons. The van der Waals surface area contributed by atoms with Gasteiger partial charge >= 0.3 is 0 Å². The van der Waals surface area contributed by atoms with Gasteiger partial charge in [-0.1, -0.05) is 29.3 Å². The van der Waals surface area contributed by atoms with Crippen molar-refractivity contribution in [3.63, 3.8) is 0 Å². The fraction of sp³-hybridized carbons (Fsp3) is 0.600. The van der Waals surface area contributed by atoms with E-state index in [0.717, 1.165) is 31.5 Å². The minimum atomic E-state index is -0.0863. The Hall–Kier alpha value is -0.320. The van der Waals surface area contributed by atoms with Gasteiger partial charge in [0.25, 0.3) is 0 Å². The largest absolute Gasteiger partial charge is 0.353 e. The summed E-state index contributed by atoms with van der Waals surface area (Å²) in [6, 6.07) is 5.69. The van der Waals surface area contributed by atoms with Gasteiger partial charge in [-0.2, -0.15) is 0 Å². The first-order chi connectivity index (χ1) is 9.67. The molecule has 0 unspecified atom stereocenters. The minimum absolute atomic E-state index is 0.0863. The van der Waals surface area contributed by atoms with E-state index in [0.29, 0.717) is 23.3 Å². The highest BCUT2D eigenvalue weighted by Crippen LogP contribution is 2.22. The van der Waals surface area contributed by atoms with Crippen LogP contribution in [-0.4, -0.2) is 26.0 Å². The van der Waals surface area contributed by atoms with Crippen LogP contribution in [-0.2, 0) is 16.0 Å². The predicted octanol–water partition coefficient (Wildman–Crippen LogP) is 4.26. The normalized spacial score (nSPS) is 11.2. The van der Waals surface area contributed by atoms with Crippen molar-refractivity contribution in [3.8, 4) is 0 Å². The maximum Gasteiger partial charge on any atom is 0.157 e. The number of hydrogen-bond donors (Lipinski definition) is 1. The van der Waals surface area contributed by atoms with E-state index in [1.54, 1.807) is 0 Å². The lowest BCUT2D eigenvalue weighted by molar-refractivity contribution is -0.139. The van der Waals surface area contributed by atoms with Gasteiger partial charge in [-0.05, 0) is 50.9 Å². The molecule has 0 saturated heterocycles. The Morgan fingerprint density at radius 3 is 2.40 bits per heavy atom. The second-order valence-corrected chi connectivity index (χ2v) is 5.22. The molecule has 0 aliphatic heterocycles. The van der Waals surface area contributed by atoms with E-state index in [4.69, 9.17) is 32.7 Å². The van der Waals surface area contributed by atoms with E-state index in [1.165, 1.54) is 0 Å². The van der Waals surface area contributed by atoms with Gasteiger partial charge in [0.1, 0.15) is 0 Å². The van der Waals surface area contributed by atoms with Crippen molar-refractivity contribution in [2.45, 2.75) is 39.5 Å². The first kappa shape index (κ1) is 17.7. The summed E-state index contributed by atoms with van der Waals surface area (Å²) in [5.74, 6) is 0. The molecule has 0 atom stereocenters. The smallest absolute Gasteiger partial charge is 0.157 e. The Labute approximate surface area is 131 Å². The summed E-state index contributed by atoms with van der Waals surface area (Å²) < 4.78 is 11.0. The van der Waals surface area contributed by atoms with Crippen LogP contribution in [0.4, 0.5) is 0 Å². The third kappa shape index (κ3) is 6.91. The van der Waals surface area contributed by atoms with Gasteiger partial charge in [0.05, 0.1) is 10.0 Å². The fourth-order valence-corrected chi connectivity index (χ4v) is 2.18. The lowest BCUT2D eigenvalue weighted by Gasteiger charge is -2.16. The summed E-state index contributed by atoms with van der Waals surface area (Å²) in [6.07, 6.45) is 1.82. The molecule has 0 aromatic heterocycles. The molecule has 1 aromatic rings. The quantitative estimate of drug-likeness (QED) is 0.516. The molecule has 0 heterocycles.